The predicted octanol–water partition coefficient (Wildman–Crippen LogP) is 3.17. The van der Waals surface area contributed by atoms with E-state index in [-0.39, 0.29) is 18.7 Å². The first-order chi connectivity index (χ1) is 8.74. The molecule has 1 aliphatic rings. The number of hydrogen-bond acceptors (Lipinski definition) is 3. The highest BCUT2D eigenvalue weighted by molar-refractivity contribution is 5.94. The lowest BCUT2D eigenvalue weighted by atomic mass is 10.0. The summed E-state index contributed by atoms with van der Waals surface area (Å²) in [6.07, 6.45) is 10.3. The Morgan fingerprint density at radius 2 is 2.28 bits per heavy atom. The van der Waals surface area contributed by atoms with Crippen molar-refractivity contribution in [3.8, 4) is 0 Å². The third-order valence-corrected chi connectivity index (χ3v) is 2.86. The molecule has 0 heterocycles. The van der Waals surface area contributed by atoms with Crippen molar-refractivity contribution in [2.24, 2.45) is 0 Å². The van der Waals surface area contributed by atoms with Gasteiger partial charge < -0.3 is 9.47 Å². The summed E-state index contributed by atoms with van der Waals surface area (Å²) in [5, 5.41) is 0. The summed E-state index contributed by atoms with van der Waals surface area (Å²) in [5.74, 6) is 0.145. The summed E-state index contributed by atoms with van der Waals surface area (Å²) in [7, 11) is 1.60. The second-order valence-corrected chi connectivity index (χ2v) is 4.41. The Bertz CT molecular complexity index is 349. The number of ketones is 1. The number of rotatable bonds is 3. The standard InChI is InChI=1S/C15H22O3/c1-13-8-6-4-3-5-7-9-14(18-12-17-2)10-11-15(13)16/h6-7,9,14H,3-5,10-12H2,1-2H3/b9-7+. The molecule has 3 heteroatoms. The van der Waals surface area contributed by atoms with Crippen LogP contribution in [0.4, 0.5) is 0 Å². The first-order valence-electron chi connectivity index (χ1n) is 6.46. The van der Waals surface area contributed by atoms with Crippen molar-refractivity contribution in [2.75, 3.05) is 13.9 Å². The van der Waals surface area contributed by atoms with Crippen molar-refractivity contribution < 1.29 is 14.3 Å². The topological polar surface area (TPSA) is 35.5 Å². The Balaban J connectivity index is 2.64. The van der Waals surface area contributed by atoms with Crippen LogP contribution in [-0.4, -0.2) is 25.8 Å². The Morgan fingerprint density at radius 3 is 3.06 bits per heavy atom. The molecule has 1 rings (SSSR count). The van der Waals surface area contributed by atoms with E-state index in [9.17, 15) is 4.79 Å². The maximum atomic E-state index is 11.8. The van der Waals surface area contributed by atoms with Crippen LogP contribution in [0.1, 0.15) is 39.0 Å². The molecule has 0 fully saturated rings. The fraction of sp³-hybridized carbons (Fsp3) is 0.600. The monoisotopic (exact) mass is 250 g/mol. The van der Waals surface area contributed by atoms with Gasteiger partial charge in [-0.1, -0.05) is 12.2 Å². The summed E-state index contributed by atoms with van der Waals surface area (Å²) in [4.78, 5) is 11.8. The maximum absolute atomic E-state index is 11.8. The molecule has 0 aromatic carbocycles. The Morgan fingerprint density at radius 1 is 1.44 bits per heavy atom. The highest BCUT2D eigenvalue weighted by Gasteiger charge is 2.10. The van der Waals surface area contributed by atoms with E-state index in [0.29, 0.717) is 18.4 Å². The molecule has 18 heavy (non-hydrogen) atoms. The largest absolute Gasteiger partial charge is 0.359 e. The minimum Gasteiger partial charge on any atom is -0.359 e. The van der Waals surface area contributed by atoms with E-state index in [4.69, 9.17) is 9.47 Å². The van der Waals surface area contributed by atoms with E-state index < -0.39 is 0 Å². The number of ether oxygens (including phenoxy) is 2. The molecule has 1 aliphatic carbocycles. The van der Waals surface area contributed by atoms with Gasteiger partial charge in [-0.3, -0.25) is 4.79 Å². The first kappa shape index (κ1) is 14.9. The van der Waals surface area contributed by atoms with Gasteiger partial charge in [0.2, 0.25) is 0 Å². The van der Waals surface area contributed by atoms with Crippen LogP contribution in [0.15, 0.2) is 29.5 Å². The third-order valence-electron chi connectivity index (χ3n) is 2.86. The summed E-state index contributed by atoms with van der Waals surface area (Å²) < 4.78 is 10.4. The molecule has 0 aromatic rings. The fourth-order valence-corrected chi connectivity index (χ4v) is 1.74. The van der Waals surface area contributed by atoms with E-state index >= 15 is 0 Å². The van der Waals surface area contributed by atoms with Crippen molar-refractivity contribution >= 4 is 5.78 Å². The van der Waals surface area contributed by atoms with Crippen LogP contribution in [0.2, 0.25) is 0 Å². The van der Waals surface area contributed by atoms with E-state index in [0.717, 1.165) is 19.3 Å². The van der Waals surface area contributed by atoms with Crippen LogP contribution in [0.5, 0.6) is 0 Å². The first-order valence-corrected chi connectivity index (χ1v) is 6.46. The van der Waals surface area contributed by atoms with Gasteiger partial charge >= 0.3 is 0 Å². The predicted molar refractivity (Wildman–Crippen MR) is 71.3 cm³/mol. The average molecular weight is 250 g/mol. The number of carbonyl (C=O) groups is 1. The smallest absolute Gasteiger partial charge is 0.166 e. The van der Waals surface area contributed by atoms with Gasteiger partial charge in [0.05, 0.1) is 6.10 Å². The quantitative estimate of drug-likeness (QED) is 0.438. The molecule has 0 spiro atoms. The van der Waals surface area contributed by atoms with Crippen molar-refractivity contribution in [2.45, 2.75) is 45.1 Å². The van der Waals surface area contributed by atoms with Gasteiger partial charge in [-0.25, -0.2) is 0 Å². The molecule has 0 radical (unpaired) electrons. The van der Waals surface area contributed by atoms with Gasteiger partial charge in [0.15, 0.2) is 5.78 Å². The zero-order valence-electron chi connectivity index (χ0n) is 11.3. The molecule has 0 amide bonds. The minimum atomic E-state index is -0.0369. The van der Waals surface area contributed by atoms with Crippen LogP contribution < -0.4 is 0 Å². The summed E-state index contributed by atoms with van der Waals surface area (Å²) >= 11 is 0. The molecule has 0 bridgehead atoms. The van der Waals surface area contributed by atoms with Crippen LogP contribution in [0, 0.1) is 0 Å². The number of methoxy groups -OCH3 is 1. The van der Waals surface area contributed by atoms with Gasteiger partial charge in [-0.15, -0.1) is 5.73 Å². The molecule has 0 N–H and O–H groups in total. The second kappa shape index (κ2) is 8.87. The summed E-state index contributed by atoms with van der Waals surface area (Å²) in [6, 6.07) is 0. The number of allylic oxidation sites excluding steroid dienone is 2. The number of hydrogen-bond donors (Lipinski definition) is 0. The maximum Gasteiger partial charge on any atom is 0.166 e. The van der Waals surface area contributed by atoms with Crippen LogP contribution in [0.3, 0.4) is 0 Å². The summed E-state index contributed by atoms with van der Waals surface area (Å²) in [6.45, 7) is 2.09. The average Bonchev–Trinajstić information content (AvgIpc) is 2.37. The highest BCUT2D eigenvalue weighted by Crippen LogP contribution is 2.11. The molecule has 0 aliphatic heterocycles. The Hall–Kier alpha value is -1.15. The Labute approximate surface area is 109 Å². The number of Topliss-reactive ketones (excluding diaryl/α,β-unsaturated/α-hetero) is 1. The van der Waals surface area contributed by atoms with Gasteiger partial charge in [0, 0.05) is 19.1 Å². The lowest BCUT2D eigenvalue weighted by Gasteiger charge is -2.13. The highest BCUT2D eigenvalue weighted by atomic mass is 16.7. The normalized spacial score (nSPS) is 24.0. The lowest BCUT2D eigenvalue weighted by Crippen LogP contribution is -2.14. The van der Waals surface area contributed by atoms with Gasteiger partial charge in [0.25, 0.3) is 0 Å². The minimum absolute atomic E-state index is 0.0369. The molecular weight excluding hydrogens is 228 g/mol. The molecule has 0 aromatic heterocycles. The van der Waals surface area contributed by atoms with Gasteiger partial charge in [0.1, 0.15) is 6.79 Å². The van der Waals surface area contributed by atoms with Gasteiger partial charge in [-0.05, 0) is 38.7 Å². The third kappa shape index (κ3) is 5.97. The molecule has 100 valence electrons. The van der Waals surface area contributed by atoms with Crippen LogP contribution in [0.25, 0.3) is 0 Å². The van der Waals surface area contributed by atoms with Gasteiger partial charge in [-0.2, -0.15) is 0 Å². The van der Waals surface area contributed by atoms with Crippen LogP contribution >= 0.6 is 0 Å². The van der Waals surface area contributed by atoms with E-state index in [1.165, 1.54) is 0 Å². The van der Waals surface area contributed by atoms with E-state index in [2.05, 4.69) is 11.8 Å². The zero-order chi connectivity index (χ0) is 13.2. The molecule has 1 atom stereocenters. The molecule has 3 nitrogen and oxygen atoms in total. The van der Waals surface area contributed by atoms with E-state index in [1.807, 2.05) is 19.1 Å². The molecular formula is C15H22O3. The molecule has 1 unspecified atom stereocenters. The zero-order valence-corrected chi connectivity index (χ0v) is 11.3. The Kier molecular flexibility index (Phi) is 7.35. The second-order valence-electron chi connectivity index (χ2n) is 4.41. The summed E-state index contributed by atoms with van der Waals surface area (Å²) in [5.41, 5.74) is 3.77. The van der Waals surface area contributed by atoms with Crippen molar-refractivity contribution in [1.82, 2.24) is 0 Å². The molecule has 0 saturated carbocycles. The van der Waals surface area contributed by atoms with Crippen molar-refractivity contribution in [1.29, 1.82) is 0 Å². The SMILES string of the molecule is COCOC1/C=C/CCCC=C=C(C)C(=O)CC1. The van der Waals surface area contributed by atoms with E-state index in [1.54, 1.807) is 7.11 Å². The van der Waals surface area contributed by atoms with Crippen LogP contribution in [-0.2, 0) is 14.3 Å². The molecule has 0 saturated heterocycles. The number of carbonyl (C=O) groups excluding carboxylic acids is 1. The van der Waals surface area contributed by atoms with Crippen molar-refractivity contribution in [3.63, 3.8) is 0 Å². The lowest BCUT2D eigenvalue weighted by molar-refractivity contribution is -0.116. The fourth-order valence-electron chi connectivity index (χ4n) is 1.74. The van der Waals surface area contributed by atoms with Crippen molar-refractivity contribution in [3.05, 3.63) is 29.5 Å².